The molecule has 19 heavy (non-hydrogen) atoms. The monoisotopic (exact) mass is 313 g/mol. The van der Waals surface area contributed by atoms with Gasteiger partial charge in [0.25, 0.3) is 0 Å². The average Bonchev–Trinajstić information content (AvgIpc) is 2.77. The van der Waals surface area contributed by atoms with E-state index in [1.165, 1.54) is 6.21 Å². The molecule has 98 valence electrons. The van der Waals surface area contributed by atoms with E-state index in [1.54, 1.807) is 30.3 Å². The molecule has 0 saturated heterocycles. The van der Waals surface area contributed by atoms with Crippen molar-refractivity contribution in [2.24, 2.45) is 10.8 Å². The Balaban J connectivity index is 2.21. The molecular weight excluding hydrogens is 305 g/mol. The summed E-state index contributed by atoms with van der Waals surface area (Å²) in [5, 5.41) is 4.97. The van der Waals surface area contributed by atoms with E-state index in [-0.39, 0.29) is 5.11 Å². The summed E-state index contributed by atoms with van der Waals surface area (Å²) in [5.41, 5.74) is 8.43. The average molecular weight is 314 g/mol. The number of halogens is 2. The molecule has 7 heteroatoms. The standard InChI is InChI=1S/C12H9Cl2N3OS/c13-7-1-3-9(10(14)5-7)11-4-2-8(18-11)6-16-17-12(15)19/h1-6H,(H3,15,17,19). The Morgan fingerprint density at radius 3 is 2.79 bits per heavy atom. The van der Waals surface area contributed by atoms with Crippen LogP contribution >= 0.6 is 35.4 Å². The highest BCUT2D eigenvalue weighted by atomic mass is 35.5. The Hall–Kier alpha value is -1.56. The van der Waals surface area contributed by atoms with E-state index >= 15 is 0 Å². The van der Waals surface area contributed by atoms with Crippen LogP contribution in [0.3, 0.4) is 0 Å². The van der Waals surface area contributed by atoms with Crippen LogP contribution in [0.5, 0.6) is 0 Å². The van der Waals surface area contributed by atoms with Crippen LogP contribution in [0.4, 0.5) is 0 Å². The van der Waals surface area contributed by atoms with E-state index in [0.717, 1.165) is 5.56 Å². The molecule has 0 unspecified atom stereocenters. The van der Waals surface area contributed by atoms with Gasteiger partial charge in [0.1, 0.15) is 11.5 Å². The summed E-state index contributed by atoms with van der Waals surface area (Å²) in [6.07, 6.45) is 1.46. The van der Waals surface area contributed by atoms with Crippen molar-refractivity contribution in [3.05, 3.63) is 46.1 Å². The van der Waals surface area contributed by atoms with Crippen LogP contribution in [0.15, 0.2) is 39.9 Å². The minimum absolute atomic E-state index is 0.0868. The van der Waals surface area contributed by atoms with Crippen LogP contribution in [0.2, 0.25) is 10.0 Å². The van der Waals surface area contributed by atoms with Gasteiger partial charge in [0.2, 0.25) is 0 Å². The molecule has 0 radical (unpaired) electrons. The van der Waals surface area contributed by atoms with Crippen molar-refractivity contribution >= 4 is 46.7 Å². The minimum atomic E-state index is 0.0868. The maximum Gasteiger partial charge on any atom is 0.184 e. The zero-order valence-corrected chi connectivity index (χ0v) is 11.9. The fraction of sp³-hybridized carbons (Fsp3) is 0. The predicted octanol–water partition coefficient (Wildman–Crippen LogP) is 3.42. The molecule has 0 aliphatic carbocycles. The van der Waals surface area contributed by atoms with Gasteiger partial charge < -0.3 is 10.2 Å². The Bertz CT molecular complexity index is 640. The molecule has 0 fully saturated rings. The highest BCUT2D eigenvalue weighted by molar-refractivity contribution is 7.80. The number of hydrogen-bond donors (Lipinski definition) is 2. The molecule has 0 amide bonds. The lowest BCUT2D eigenvalue weighted by Gasteiger charge is -2.00. The number of thiocarbonyl (C=S) groups is 1. The van der Waals surface area contributed by atoms with Crippen LogP contribution in [0, 0.1) is 0 Å². The summed E-state index contributed by atoms with van der Waals surface area (Å²) in [6.45, 7) is 0. The maximum atomic E-state index is 6.10. The molecule has 2 aromatic rings. The number of benzene rings is 1. The smallest absolute Gasteiger partial charge is 0.184 e. The number of nitrogens with two attached hydrogens (primary N) is 1. The summed E-state index contributed by atoms with van der Waals surface area (Å²) < 4.78 is 5.57. The van der Waals surface area contributed by atoms with Crippen molar-refractivity contribution in [3.63, 3.8) is 0 Å². The van der Waals surface area contributed by atoms with E-state index in [0.29, 0.717) is 21.6 Å². The number of hydrogen-bond acceptors (Lipinski definition) is 3. The molecule has 1 aromatic carbocycles. The number of rotatable bonds is 3. The maximum absolute atomic E-state index is 6.10. The highest BCUT2D eigenvalue weighted by Crippen LogP contribution is 2.31. The van der Waals surface area contributed by atoms with Gasteiger partial charge in [-0.15, -0.1) is 0 Å². The second-order valence-electron chi connectivity index (χ2n) is 3.56. The van der Waals surface area contributed by atoms with Gasteiger partial charge in [0.05, 0.1) is 11.2 Å². The zero-order chi connectivity index (χ0) is 13.8. The fourth-order valence-electron chi connectivity index (χ4n) is 1.42. The van der Waals surface area contributed by atoms with E-state index < -0.39 is 0 Å². The lowest BCUT2D eigenvalue weighted by atomic mass is 10.2. The number of nitrogens with zero attached hydrogens (tertiary/aromatic N) is 1. The Kier molecular flexibility index (Phi) is 4.42. The van der Waals surface area contributed by atoms with Gasteiger partial charge in [-0.1, -0.05) is 23.2 Å². The summed E-state index contributed by atoms with van der Waals surface area (Å²) >= 11 is 16.5. The summed E-state index contributed by atoms with van der Waals surface area (Å²) in [4.78, 5) is 0. The van der Waals surface area contributed by atoms with Gasteiger partial charge in [0, 0.05) is 10.6 Å². The molecule has 4 nitrogen and oxygen atoms in total. The van der Waals surface area contributed by atoms with Gasteiger partial charge in [0.15, 0.2) is 5.11 Å². The first-order chi connectivity index (χ1) is 9.06. The van der Waals surface area contributed by atoms with Crippen molar-refractivity contribution < 1.29 is 4.42 Å². The first kappa shape index (κ1) is 13.9. The summed E-state index contributed by atoms with van der Waals surface area (Å²) in [5.74, 6) is 1.17. The van der Waals surface area contributed by atoms with Crippen molar-refractivity contribution in [1.29, 1.82) is 0 Å². The Labute approximate surface area is 125 Å². The first-order valence-corrected chi connectivity index (χ1v) is 6.36. The lowest BCUT2D eigenvalue weighted by molar-refractivity contribution is 0.574. The molecule has 0 saturated carbocycles. The highest BCUT2D eigenvalue weighted by Gasteiger charge is 2.08. The second kappa shape index (κ2) is 6.06. The largest absolute Gasteiger partial charge is 0.455 e. The second-order valence-corrected chi connectivity index (χ2v) is 4.84. The van der Waals surface area contributed by atoms with E-state index in [9.17, 15) is 0 Å². The molecule has 0 aliphatic rings. The number of furan rings is 1. The topological polar surface area (TPSA) is 63.5 Å². The lowest BCUT2D eigenvalue weighted by Crippen LogP contribution is -2.23. The van der Waals surface area contributed by atoms with Crippen LogP contribution in [0.25, 0.3) is 11.3 Å². The van der Waals surface area contributed by atoms with Crippen LogP contribution in [-0.4, -0.2) is 11.3 Å². The molecule has 0 atom stereocenters. The van der Waals surface area contributed by atoms with Crippen molar-refractivity contribution in [2.75, 3.05) is 0 Å². The van der Waals surface area contributed by atoms with Crippen molar-refractivity contribution in [2.45, 2.75) is 0 Å². The van der Waals surface area contributed by atoms with Crippen LogP contribution in [-0.2, 0) is 0 Å². The summed E-state index contributed by atoms with van der Waals surface area (Å²) in [6, 6.07) is 8.73. The SMILES string of the molecule is NC(=S)NN=Cc1ccc(-c2ccc(Cl)cc2Cl)o1. The third-order valence-electron chi connectivity index (χ3n) is 2.19. The van der Waals surface area contributed by atoms with Gasteiger partial charge in [-0.05, 0) is 42.5 Å². The molecule has 1 aromatic heterocycles. The van der Waals surface area contributed by atoms with Crippen LogP contribution < -0.4 is 11.2 Å². The molecule has 0 aliphatic heterocycles. The first-order valence-electron chi connectivity index (χ1n) is 5.20. The third-order valence-corrected chi connectivity index (χ3v) is 2.83. The third kappa shape index (κ3) is 3.70. The van der Waals surface area contributed by atoms with Gasteiger partial charge in [-0.2, -0.15) is 5.10 Å². The molecule has 2 rings (SSSR count). The zero-order valence-electron chi connectivity index (χ0n) is 9.56. The quantitative estimate of drug-likeness (QED) is 0.518. The van der Waals surface area contributed by atoms with E-state index in [1.807, 2.05) is 0 Å². The van der Waals surface area contributed by atoms with E-state index in [4.69, 9.17) is 33.4 Å². The molecule has 1 heterocycles. The predicted molar refractivity (Wildman–Crippen MR) is 81.7 cm³/mol. The normalized spacial score (nSPS) is 10.8. The van der Waals surface area contributed by atoms with Gasteiger partial charge in [-0.25, -0.2) is 0 Å². The Morgan fingerprint density at radius 2 is 2.11 bits per heavy atom. The molecule has 3 N–H and O–H groups in total. The van der Waals surface area contributed by atoms with Gasteiger partial charge in [-0.3, -0.25) is 5.43 Å². The van der Waals surface area contributed by atoms with E-state index in [2.05, 4.69) is 22.7 Å². The molecule has 0 bridgehead atoms. The summed E-state index contributed by atoms with van der Waals surface area (Å²) in [7, 11) is 0. The minimum Gasteiger partial charge on any atom is -0.455 e. The molecular formula is C12H9Cl2N3OS. The Morgan fingerprint density at radius 1 is 1.32 bits per heavy atom. The van der Waals surface area contributed by atoms with Crippen LogP contribution in [0.1, 0.15) is 5.76 Å². The van der Waals surface area contributed by atoms with Crippen molar-refractivity contribution in [3.8, 4) is 11.3 Å². The number of hydrazone groups is 1. The fourth-order valence-corrected chi connectivity index (χ4v) is 1.97. The van der Waals surface area contributed by atoms with Gasteiger partial charge >= 0.3 is 0 Å². The van der Waals surface area contributed by atoms with Crippen molar-refractivity contribution in [1.82, 2.24) is 5.43 Å². The number of nitrogens with one attached hydrogen (secondary N) is 1. The molecule has 0 spiro atoms.